The Kier molecular flexibility index (Phi) is 5.64. The van der Waals surface area contributed by atoms with Gasteiger partial charge in [0.05, 0.1) is 6.54 Å². The fourth-order valence-electron chi connectivity index (χ4n) is 3.25. The molecule has 4 aromatic rings. The maximum absolute atomic E-state index is 5.38. The Morgan fingerprint density at radius 2 is 1.68 bits per heavy atom. The predicted octanol–water partition coefficient (Wildman–Crippen LogP) is 4.61. The Morgan fingerprint density at radius 3 is 2.57 bits per heavy atom. The van der Waals surface area contributed by atoms with Gasteiger partial charge in [0.1, 0.15) is 0 Å². The van der Waals surface area contributed by atoms with Crippen molar-refractivity contribution in [3.63, 3.8) is 0 Å². The topological polar surface area (TPSA) is 41.9 Å². The summed E-state index contributed by atoms with van der Waals surface area (Å²) in [4.78, 5) is 0. The van der Waals surface area contributed by atoms with E-state index in [2.05, 4.69) is 82.5 Å². The second-order valence-corrected chi connectivity index (χ2v) is 7.06. The minimum Gasteiger partial charge on any atom is -0.362 e. The van der Waals surface area contributed by atoms with Crippen molar-refractivity contribution in [1.29, 1.82) is 0 Å². The third kappa shape index (κ3) is 4.56. The minimum absolute atomic E-state index is 0.589. The Balaban J connectivity index is 1.33. The zero-order valence-corrected chi connectivity index (χ0v) is 16.3. The number of benzene rings is 3. The summed E-state index contributed by atoms with van der Waals surface area (Å²) in [6, 6.07) is 27.1. The van der Waals surface area contributed by atoms with Crippen molar-refractivity contribution < 1.29 is 0 Å². The lowest BCUT2D eigenvalue weighted by molar-refractivity contribution is 0.693. The van der Waals surface area contributed by atoms with Crippen molar-refractivity contribution in [2.45, 2.75) is 13.0 Å². The maximum Gasteiger partial charge on any atom is 0.172 e. The lowest BCUT2D eigenvalue weighted by atomic mass is 10.0. The van der Waals surface area contributed by atoms with Crippen LogP contribution in [0.3, 0.4) is 0 Å². The quantitative estimate of drug-likeness (QED) is 0.475. The number of nitrogens with one attached hydrogen (secondary N) is 2. The minimum atomic E-state index is 0.589. The molecule has 2 N–H and O–H groups in total. The molecule has 0 saturated carbocycles. The van der Waals surface area contributed by atoms with Gasteiger partial charge in [-0.3, -0.25) is 4.68 Å². The number of rotatable bonds is 6. The molecule has 0 fully saturated rings. The SMILES string of the molecule is S=C(NCCc1ccccc1)Nc1ccn(Cc2cccc3ccccc23)n1. The van der Waals surface area contributed by atoms with Crippen LogP contribution in [0.25, 0.3) is 10.8 Å². The largest absolute Gasteiger partial charge is 0.362 e. The number of anilines is 1. The summed E-state index contributed by atoms with van der Waals surface area (Å²) in [6.45, 7) is 1.50. The number of hydrogen-bond acceptors (Lipinski definition) is 2. The first-order valence-electron chi connectivity index (χ1n) is 9.37. The highest BCUT2D eigenvalue weighted by Gasteiger charge is 2.05. The van der Waals surface area contributed by atoms with E-state index < -0.39 is 0 Å². The summed E-state index contributed by atoms with van der Waals surface area (Å²) in [5.74, 6) is 0.748. The molecular weight excluding hydrogens is 364 g/mol. The van der Waals surface area contributed by atoms with Gasteiger partial charge in [-0.2, -0.15) is 5.10 Å². The van der Waals surface area contributed by atoms with Crippen LogP contribution in [0.4, 0.5) is 5.82 Å². The van der Waals surface area contributed by atoms with E-state index in [1.54, 1.807) is 0 Å². The standard InChI is InChI=1S/C23H22N4S/c28-23(24-15-13-18-7-2-1-3-8-18)25-22-14-16-27(26-22)17-20-11-6-10-19-9-4-5-12-21(19)20/h1-12,14,16H,13,15,17H2,(H2,24,25,26,28). The van der Waals surface area contributed by atoms with Gasteiger partial charge >= 0.3 is 0 Å². The fourth-order valence-corrected chi connectivity index (χ4v) is 3.45. The van der Waals surface area contributed by atoms with E-state index in [4.69, 9.17) is 12.2 Å². The highest BCUT2D eigenvalue weighted by Crippen LogP contribution is 2.19. The zero-order valence-electron chi connectivity index (χ0n) is 15.5. The molecule has 0 spiro atoms. The summed E-state index contributed by atoms with van der Waals surface area (Å²) in [6.07, 6.45) is 2.90. The van der Waals surface area contributed by atoms with Gasteiger partial charge in [0.2, 0.25) is 0 Å². The highest BCUT2D eigenvalue weighted by molar-refractivity contribution is 7.80. The maximum atomic E-state index is 5.38. The van der Waals surface area contributed by atoms with Crippen LogP contribution in [0, 0.1) is 0 Å². The molecule has 0 unspecified atom stereocenters. The van der Waals surface area contributed by atoms with E-state index in [-0.39, 0.29) is 0 Å². The van der Waals surface area contributed by atoms with Crippen molar-refractivity contribution in [2.24, 2.45) is 0 Å². The Morgan fingerprint density at radius 1 is 0.893 bits per heavy atom. The van der Waals surface area contributed by atoms with Gasteiger partial charge in [-0.25, -0.2) is 0 Å². The van der Waals surface area contributed by atoms with Gasteiger partial charge < -0.3 is 10.6 Å². The molecule has 0 aliphatic carbocycles. The van der Waals surface area contributed by atoms with E-state index in [1.807, 2.05) is 23.0 Å². The van der Waals surface area contributed by atoms with Crippen LogP contribution in [0.2, 0.25) is 0 Å². The van der Waals surface area contributed by atoms with Crippen molar-refractivity contribution in [2.75, 3.05) is 11.9 Å². The summed E-state index contributed by atoms with van der Waals surface area (Å²) in [7, 11) is 0. The molecule has 0 aliphatic rings. The molecule has 3 aromatic carbocycles. The molecule has 5 heteroatoms. The van der Waals surface area contributed by atoms with E-state index in [1.165, 1.54) is 21.9 Å². The molecule has 0 aliphatic heterocycles. The van der Waals surface area contributed by atoms with Crippen molar-refractivity contribution in [3.8, 4) is 0 Å². The normalized spacial score (nSPS) is 10.7. The first-order valence-corrected chi connectivity index (χ1v) is 9.78. The third-order valence-corrected chi connectivity index (χ3v) is 4.88. The Bertz CT molecular complexity index is 1070. The van der Waals surface area contributed by atoms with Crippen molar-refractivity contribution in [1.82, 2.24) is 15.1 Å². The van der Waals surface area contributed by atoms with Crippen LogP contribution in [-0.4, -0.2) is 21.4 Å². The average Bonchev–Trinajstić information content (AvgIpc) is 3.16. The summed E-state index contributed by atoms with van der Waals surface area (Å²) in [5.41, 5.74) is 2.54. The summed E-state index contributed by atoms with van der Waals surface area (Å²) in [5, 5.41) is 14.1. The molecule has 28 heavy (non-hydrogen) atoms. The van der Waals surface area contributed by atoms with Crippen LogP contribution >= 0.6 is 12.2 Å². The molecule has 0 radical (unpaired) electrons. The number of fused-ring (bicyclic) bond motifs is 1. The summed E-state index contributed by atoms with van der Waals surface area (Å²) < 4.78 is 1.93. The molecule has 0 saturated heterocycles. The smallest absolute Gasteiger partial charge is 0.172 e. The van der Waals surface area contributed by atoms with Crippen LogP contribution in [-0.2, 0) is 13.0 Å². The number of nitrogens with zero attached hydrogens (tertiary/aromatic N) is 2. The molecule has 0 amide bonds. The molecule has 0 atom stereocenters. The average molecular weight is 387 g/mol. The van der Waals surface area contributed by atoms with E-state index in [0.29, 0.717) is 5.11 Å². The predicted molar refractivity (Wildman–Crippen MR) is 120 cm³/mol. The Hall–Kier alpha value is -3.18. The van der Waals surface area contributed by atoms with E-state index in [9.17, 15) is 0 Å². The van der Waals surface area contributed by atoms with E-state index >= 15 is 0 Å². The van der Waals surface area contributed by atoms with Crippen LogP contribution in [0.5, 0.6) is 0 Å². The first kappa shape index (κ1) is 18.2. The first-order chi connectivity index (χ1) is 13.8. The van der Waals surface area contributed by atoms with Crippen LogP contribution in [0.1, 0.15) is 11.1 Å². The van der Waals surface area contributed by atoms with Gasteiger partial charge in [-0.05, 0) is 40.5 Å². The fraction of sp³-hybridized carbons (Fsp3) is 0.130. The van der Waals surface area contributed by atoms with Gasteiger partial charge in [0.25, 0.3) is 0 Å². The summed E-state index contributed by atoms with van der Waals surface area (Å²) >= 11 is 5.38. The monoisotopic (exact) mass is 386 g/mol. The van der Waals surface area contributed by atoms with Gasteiger partial charge in [-0.1, -0.05) is 72.8 Å². The van der Waals surface area contributed by atoms with Gasteiger partial charge in [0.15, 0.2) is 10.9 Å². The van der Waals surface area contributed by atoms with Crippen molar-refractivity contribution in [3.05, 3.63) is 96.2 Å². The zero-order chi connectivity index (χ0) is 19.2. The van der Waals surface area contributed by atoms with Gasteiger partial charge in [0, 0.05) is 18.8 Å². The molecule has 140 valence electrons. The Labute approximate surface area is 170 Å². The number of aromatic nitrogens is 2. The van der Waals surface area contributed by atoms with E-state index in [0.717, 1.165) is 25.3 Å². The molecule has 1 aromatic heterocycles. The van der Waals surface area contributed by atoms with Crippen LogP contribution in [0.15, 0.2) is 85.1 Å². The number of thiocarbonyl (C=S) groups is 1. The van der Waals surface area contributed by atoms with Crippen LogP contribution < -0.4 is 10.6 Å². The molecule has 4 nitrogen and oxygen atoms in total. The molecule has 4 rings (SSSR count). The second-order valence-electron chi connectivity index (χ2n) is 6.65. The lowest BCUT2D eigenvalue weighted by Crippen LogP contribution is -2.30. The number of hydrogen-bond donors (Lipinski definition) is 2. The third-order valence-electron chi connectivity index (χ3n) is 4.64. The molecule has 0 bridgehead atoms. The lowest BCUT2D eigenvalue weighted by Gasteiger charge is -2.09. The molecular formula is C23H22N4S. The second kappa shape index (κ2) is 8.67. The highest BCUT2D eigenvalue weighted by atomic mass is 32.1. The van der Waals surface area contributed by atoms with Gasteiger partial charge in [-0.15, -0.1) is 0 Å². The molecule has 1 heterocycles. The van der Waals surface area contributed by atoms with Crippen molar-refractivity contribution >= 4 is 33.9 Å².